The minimum atomic E-state index is -1.06. The molecule has 0 bridgehead atoms. The van der Waals surface area contributed by atoms with Gasteiger partial charge in [0.15, 0.2) is 0 Å². The van der Waals surface area contributed by atoms with E-state index < -0.39 is 29.4 Å². The van der Waals surface area contributed by atoms with Crippen molar-refractivity contribution in [2.75, 3.05) is 7.11 Å². The molecule has 1 heterocycles. The lowest BCUT2D eigenvalue weighted by Crippen LogP contribution is -2.49. The maximum atomic E-state index is 14.3. The molecular weight excluding hydrogens is 532 g/mol. The summed E-state index contributed by atoms with van der Waals surface area (Å²) < 4.78 is 6.25. The highest BCUT2D eigenvalue weighted by Gasteiger charge is 2.34. The van der Waals surface area contributed by atoms with Crippen LogP contribution in [0.15, 0.2) is 79.1 Å². The van der Waals surface area contributed by atoms with E-state index in [0.717, 1.165) is 0 Å². The van der Waals surface area contributed by atoms with Crippen molar-refractivity contribution in [2.24, 2.45) is 0 Å². The van der Waals surface area contributed by atoms with Gasteiger partial charge in [0.1, 0.15) is 12.4 Å². The van der Waals surface area contributed by atoms with Crippen LogP contribution in [0.4, 0.5) is 0 Å². The molecular formula is C29H29ClN6O4. The van der Waals surface area contributed by atoms with Crippen LogP contribution >= 0.6 is 11.6 Å². The third kappa shape index (κ3) is 6.70. The topological polar surface area (TPSA) is 119 Å². The van der Waals surface area contributed by atoms with Gasteiger partial charge >= 0.3 is 5.97 Å². The van der Waals surface area contributed by atoms with Gasteiger partial charge in [0, 0.05) is 22.7 Å². The number of hydrogen-bond donors (Lipinski definition) is 1. The molecule has 0 radical (unpaired) electrons. The summed E-state index contributed by atoms with van der Waals surface area (Å²) in [7, 11) is 1.29. The number of nitrogens with zero attached hydrogens (tertiary/aromatic N) is 5. The number of methoxy groups -OCH3 is 1. The van der Waals surface area contributed by atoms with Crippen LogP contribution in [0.5, 0.6) is 0 Å². The lowest BCUT2D eigenvalue weighted by Gasteiger charge is -2.34. The second-order valence-corrected chi connectivity index (χ2v) is 10.5. The van der Waals surface area contributed by atoms with E-state index in [1.807, 2.05) is 26.8 Å². The fraction of sp³-hybridized carbons (Fsp3) is 0.241. The standard InChI is InChI=1S/C29H29ClN6O4/c1-29(2,3)32-26(37)25(19-12-14-20(15-13-19)28(39)40-4)35(17-22-8-5-6-11-24(22)30)27(38)21-9-7-10-23(16-21)36-18-31-33-34-36/h5-16,18,25H,17H2,1-4H3,(H,32,37). The summed E-state index contributed by atoms with van der Waals surface area (Å²) in [5, 5.41) is 14.7. The Morgan fingerprint density at radius 2 is 1.73 bits per heavy atom. The average Bonchev–Trinajstić information content (AvgIpc) is 3.48. The molecule has 0 aliphatic rings. The Morgan fingerprint density at radius 3 is 2.35 bits per heavy atom. The first kappa shape index (κ1) is 28.4. The van der Waals surface area contributed by atoms with Crippen molar-refractivity contribution in [1.82, 2.24) is 30.4 Å². The number of nitrogens with one attached hydrogen (secondary N) is 1. The van der Waals surface area contributed by atoms with E-state index in [4.69, 9.17) is 16.3 Å². The minimum Gasteiger partial charge on any atom is -0.465 e. The van der Waals surface area contributed by atoms with Gasteiger partial charge in [0.2, 0.25) is 5.91 Å². The summed E-state index contributed by atoms with van der Waals surface area (Å²) in [5.74, 6) is -1.32. The zero-order valence-electron chi connectivity index (χ0n) is 22.5. The highest BCUT2D eigenvalue weighted by molar-refractivity contribution is 6.31. The zero-order valence-corrected chi connectivity index (χ0v) is 23.3. The number of rotatable bonds is 8. The number of carbonyl (C=O) groups is 3. The minimum absolute atomic E-state index is 0.0363. The number of halogens is 1. The predicted molar refractivity (Wildman–Crippen MR) is 149 cm³/mol. The van der Waals surface area contributed by atoms with Gasteiger partial charge in [-0.1, -0.05) is 48.0 Å². The van der Waals surface area contributed by atoms with Crippen LogP contribution in [0.2, 0.25) is 5.02 Å². The molecule has 11 heteroatoms. The van der Waals surface area contributed by atoms with Gasteiger partial charge in [-0.2, -0.15) is 0 Å². The van der Waals surface area contributed by atoms with E-state index >= 15 is 0 Å². The molecule has 0 saturated heterocycles. The molecule has 40 heavy (non-hydrogen) atoms. The molecule has 0 saturated carbocycles. The number of aromatic nitrogens is 4. The summed E-state index contributed by atoms with van der Waals surface area (Å²) in [4.78, 5) is 41.7. The Bertz CT molecular complexity index is 1500. The third-order valence-electron chi connectivity index (χ3n) is 5.97. The summed E-state index contributed by atoms with van der Waals surface area (Å²) in [6.45, 7) is 5.61. The molecule has 0 spiro atoms. The van der Waals surface area contributed by atoms with Crippen LogP contribution in [0.25, 0.3) is 5.69 Å². The first-order valence-corrected chi connectivity index (χ1v) is 12.8. The van der Waals surface area contributed by atoms with Crippen molar-refractivity contribution in [3.05, 3.63) is 106 Å². The van der Waals surface area contributed by atoms with E-state index in [1.54, 1.807) is 66.7 Å². The largest absolute Gasteiger partial charge is 0.465 e. The van der Waals surface area contributed by atoms with Crippen LogP contribution in [0.1, 0.15) is 58.7 Å². The van der Waals surface area contributed by atoms with Crippen molar-refractivity contribution in [3.63, 3.8) is 0 Å². The highest BCUT2D eigenvalue weighted by Crippen LogP contribution is 2.29. The molecule has 0 aliphatic carbocycles. The monoisotopic (exact) mass is 560 g/mol. The first-order chi connectivity index (χ1) is 19.1. The smallest absolute Gasteiger partial charge is 0.337 e. The Balaban J connectivity index is 1.84. The van der Waals surface area contributed by atoms with Crippen molar-refractivity contribution in [3.8, 4) is 5.69 Å². The fourth-order valence-electron chi connectivity index (χ4n) is 4.15. The van der Waals surface area contributed by atoms with Crippen LogP contribution < -0.4 is 5.32 Å². The van der Waals surface area contributed by atoms with Gasteiger partial charge in [-0.3, -0.25) is 9.59 Å². The summed E-state index contributed by atoms with van der Waals surface area (Å²) in [5.41, 5.74) is 1.80. The predicted octanol–water partition coefficient (Wildman–Crippen LogP) is 4.40. The number of carbonyl (C=O) groups excluding carboxylic acids is 3. The number of amides is 2. The Morgan fingerprint density at radius 1 is 1.00 bits per heavy atom. The van der Waals surface area contributed by atoms with Gasteiger partial charge < -0.3 is 15.0 Å². The van der Waals surface area contributed by atoms with E-state index in [-0.39, 0.29) is 6.54 Å². The van der Waals surface area contributed by atoms with Crippen molar-refractivity contribution >= 4 is 29.4 Å². The lowest BCUT2D eigenvalue weighted by molar-refractivity contribution is -0.127. The van der Waals surface area contributed by atoms with Crippen LogP contribution in [0, 0.1) is 0 Å². The van der Waals surface area contributed by atoms with Gasteiger partial charge in [0.05, 0.1) is 18.4 Å². The van der Waals surface area contributed by atoms with Crippen molar-refractivity contribution in [2.45, 2.75) is 38.9 Å². The van der Waals surface area contributed by atoms with Crippen LogP contribution in [-0.4, -0.2) is 55.5 Å². The highest BCUT2D eigenvalue weighted by atomic mass is 35.5. The molecule has 1 unspecified atom stereocenters. The first-order valence-electron chi connectivity index (χ1n) is 12.5. The maximum Gasteiger partial charge on any atom is 0.337 e. The van der Waals surface area contributed by atoms with Crippen molar-refractivity contribution in [1.29, 1.82) is 0 Å². The molecule has 4 aromatic rings. The lowest BCUT2D eigenvalue weighted by atomic mass is 9.98. The summed E-state index contributed by atoms with van der Waals surface area (Å²) >= 11 is 6.50. The normalized spacial score (nSPS) is 11.9. The Hall–Kier alpha value is -4.57. The van der Waals surface area contributed by atoms with E-state index in [9.17, 15) is 14.4 Å². The molecule has 1 N–H and O–H groups in total. The zero-order chi connectivity index (χ0) is 28.9. The second kappa shape index (κ2) is 12.1. The van der Waals surface area contributed by atoms with E-state index in [2.05, 4.69) is 20.8 Å². The van der Waals surface area contributed by atoms with E-state index in [1.165, 1.54) is 23.0 Å². The van der Waals surface area contributed by atoms with Crippen LogP contribution in [0.3, 0.4) is 0 Å². The summed E-state index contributed by atoms with van der Waals surface area (Å²) in [6.07, 6.45) is 1.42. The quantitative estimate of drug-likeness (QED) is 0.317. The molecule has 0 aliphatic heterocycles. The van der Waals surface area contributed by atoms with Crippen LogP contribution in [-0.2, 0) is 16.1 Å². The molecule has 1 aromatic heterocycles. The SMILES string of the molecule is COC(=O)c1ccc(C(C(=O)NC(C)(C)C)N(Cc2ccccc2Cl)C(=O)c2cccc(-n3cnnn3)c2)cc1. The average molecular weight is 561 g/mol. The van der Waals surface area contributed by atoms with Gasteiger partial charge in [-0.15, -0.1) is 5.10 Å². The number of esters is 1. The molecule has 4 rings (SSSR count). The molecule has 0 fully saturated rings. The number of ether oxygens (including phenoxy) is 1. The molecule has 10 nitrogen and oxygen atoms in total. The Labute approximate surface area is 236 Å². The number of hydrogen-bond acceptors (Lipinski definition) is 7. The number of benzene rings is 3. The molecule has 206 valence electrons. The maximum absolute atomic E-state index is 14.3. The molecule has 3 aromatic carbocycles. The van der Waals surface area contributed by atoms with Crippen molar-refractivity contribution < 1.29 is 19.1 Å². The van der Waals surface area contributed by atoms with Gasteiger partial charge in [-0.25, -0.2) is 9.48 Å². The van der Waals surface area contributed by atoms with Gasteiger partial charge in [-0.05, 0) is 78.7 Å². The van der Waals surface area contributed by atoms with E-state index in [0.29, 0.717) is 33.0 Å². The Kier molecular flexibility index (Phi) is 8.59. The molecule has 2 amide bonds. The van der Waals surface area contributed by atoms with Gasteiger partial charge in [0.25, 0.3) is 5.91 Å². The second-order valence-electron chi connectivity index (χ2n) is 10.1. The summed E-state index contributed by atoms with van der Waals surface area (Å²) in [6, 6.07) is 19.3. The molecule has 1 atom stereocenters. The fourth-order valence-corrected chi connectivity index (χ4v) is 4.34. The number of tetrazole rings is 1. The third-order valence-corrected chi connectivity index (χ3v) is 6.34.